The zero-order valence-electron chi connectivity index (χ0n) is 15.5. The average Bonchev–Trinajstić information content (AvgIpc) is 2.69. The minimum Gasteiger partial charge on any atom is -0.483 e. The number of rotatable bonds is 4. The fourth-order valence-electron chi connectivity index (χ4n) is 4.40. The molecular formula is C23H27NO2. The van der Waals surface area contributed by atoms with Crippen LogP contribution in [0.3, 0.4) is 0 Å². The van der Waals surface area contributed by atoms with Crippen LogP contribution in [-0.2, 0) is 12.0 Å². The van der Waals surface area contributed by atoms with Crippen molar-refractivity contribution in [2.45, 2.75) is 44.6 Å². The molecular weight excluding hydrogens is 322 g/mol. The zero-order chi connectivity index (χ0) is 18.0. The summed E-state index contributed by atoms with van der Waals surface area (Å²) in [6.45, 7) is 4.27. The summed E-state index contributed by atoms with van der Waals surface area (Å²) < 4.78 is 6.68. The van der Waals surface area contributed by atoms with Gasteiger partial charge in [-0.2, -0.15) is 0 Å². The van der Waals surface area contributed by atoms with Gasteiger partial charge in [-0.25, -0.2) is 0 Å². The first-order chi connectivity index (χ1) is 12.7. The number of fused-ring (bicyclic) bond motifs is 1. The van der Waals surface area contributed by atoms with Gasteiger partial charge in [0.2, 0.25) is 0 Å². The maximum Gasteiger partial charge on any atom is 0.163 e. The minimum absolute atomic E-state index is 0.264. The zero-order valence-corrected chi connectivity index (χ0v) is 15.5. The standard InChI is InChI=1S/C23H27NO2/c1-23(18-8-3-2-4-9-18,19-10-6-14-24-16-19)26-20-12-13-21-17(15-20)7-5-11-22(21)25/h2-4,8-9,12-13,15,19,24H,5-7,10-11,14,16H2,1H3. The van der Waals surface area contributed by atoms with Gasteiger partial charge in [-0.05, 0) is 68.5 Å². The van der Waals surface area contributed by atoms with E-state index >= 15 is 0 Å². The van der Waals surface area contributed by atoms with Crippen molar-refractivity contribution in [2.24, 2.45) is 5.92 Å². The van der Waals surface area contributed by atoms with Crippen LogP contribution in [0.5, 0.6) is 5.75 Å². The van der Waals surface area contributed by atoms with Crippen molar-refractivity contribution < 1.29 is 9.53 Å². The Morgan fingerprint density at radius 3 is 2.69 bits per heavy atom. The van der Waals surface area contributed by atoms with Crippen LogP contribution >= 0.6 is 0 Å². The van der Waals surface area contributed by atoms with Crippen molar-refractivity contribution in [3.05, 3.63) is 65.2 Å². The molecule has 136 valence electrons. The largest absolute Gasteiger partial charge is 0.483 e. The molecule has 3 nitrogen and oxygen atoms in total. The third-order valence-electron chi connectivity index (χ3n) is 5.98. The number of aryl methyl sites for hydroxylation is 1. The van der Waals surface area contributed by atoms with E-state index in [-0.39, 0.29) is 11.4 Å². The third-order valence-corrected chi connectivity index (χ3v) is 5.98. The molecule has 0 aromatic heterocycles. The number of nitrogens with one attached hydrogen (secondary N) is 1. The molecule has 2 atom stereocenters. The Labute approximate surface area is 155 Å². The molecule has 1 aliphatic heterocycles. The smallest absolute Gasteiger partial charge is 0.163 e. The van der Waals surface area contributed by atoms with Crippen LogP contribution in [0, 0.1) is 5.92 Å². The van der Waals surface area contributed by atoms with E-state index in [1.54, 1.807) is 0 Å². The van der Waals surface area contributed by atoms with E-state index in [4.69, 9.17) is 4.74 Å². The fraction of sp³-hybridized carbons (Fsp3) is 0.435. The molecule has 2 aromatic rings. The number of Topliss-reactive ketones (excluding diaryl/α,β-unsaturated/α-hetero) is 1. The average molecular weight is 349 g/mol. The first kappa shape index (κ1) is 17.3. The summed E-state index contributed by atoms with van der Waals surface area (Å²) in [5.74, 6) is 1.55. The molecule has 2 unspecified atom stereocenters. The monoisotopic (exact) mass is 349 g/mol. The van der Waals surface area contributed by atoms with Crippen LogP contribution in [0.25, 0.3) is 0 Å². The molecule has 0 bridgehead atoms. The van der Waals surface area contributed by atoms with E-state index in [9.17, 15) is 4.79 Å². The van der Waals surface area contributed by atoms with Crippen molar-refractivity contribution >= 4 is 5.78 Å². The molecule has 1 saturated heterocycles. The SMILES string of the molecule is CC(Oc1ccc2c(c1)CCCC2=O)(c1ccccc1)C1CCCNC1. The van der Waals surface area contributed by atoms with Crippen LogP contribution < -0.4 is 10.1 Å². The van der Waals surface area contributed by atoms with Crippen molar-refractivity contribution in [2.75, 3.05) is 13.1 Å². The van der Waals surface area contributed by atoms with Gasteiger partial charge in [0.15, 0.2) is 5.78 Å². The van der Waals surface area contributed by atoms with Crippen LogP contribution in [0.2, 0.25) is 0 Å². The predicted molar refractivity (Wildman–Crippen MR) is 104 cm³/mol. The highest BCUT2D eigenvalue weighted by atomic mass is 16.5. The molecule has 1 heterocycles. The van der Waals surface area contributed by atoms with Gasteiger partial charge in [-0.15, -0.1) is 0 Å². The summed E-state index contributed by atoms with van der Waals surface area (Å²) in [4.78, 5) is 12.1. The van der Waals surface area contributed by atoms with Gasteiger partial charge in [0.05, 0.1) is 0 Å². The van der Waals surface area contributed by atoms with E-state index in [1.807, 2.05) is 18.2 Å². The Morgan fingerprint density at radius 1 is 1.08 bits per heavy atom. The molecule has 0 amide bonds. The molecule has 2 aliphatic rings. The van der Waals surface area contributed by atoms with Gasteiger partial charge in [-0.1, -0.05) is 30.3 Å². The highest BCUT2D eigenvalue weighted by Crippen LogP contribution is 2.39. The normalized spacial score (nSPS) is 22.3. The quantitative estimate of drug-likeness (QED) is 0.883. The lowest BCUT2D eigenvalue weighted by Gasteiger charge is -2.41. The number of piperidine rings is 1. The van der Waals surface area contributed by atoms with Crippen LogP contribution in [0.4, 0.5) is 0 Å². The summed E-state index contributed by atoms with van der Waals surface area (Å²) in [5, 5.41) is 3.53. The summed E-state index contributed by atoms with van der Waals surface area (Å²) in [7, 11) is 0. The molecule has 1 aliphatic carbocycles. The number of carbonyl (C=O) groups is 1. The molecule has 3 heteroatoms. The van der Waals surface area contributed by atoms with Gasteiger partial charge >= 0.3 is 0 Å². The van der Waals surface area contributed by atoms with Crippen LogP contribution in [0.15, 0.2) is 48.5 Å². The molecule has 1 N–H and O–H groups in total. The predicted octanol–water partition coefficient (Wildman–Crippen LogP) is 4.50. The lowest BCUT2D eigenvalue weighted by molar-refractivity contribution is 0.00991. The van der Waals surface area contributed by atoms with E-state index in [0.29, 0.717) is 12.3 Å². The summed E-state index contributed by atoms with van der Waals surface area (Å²) in [6.07, 6.45) is 4.91. The van der Waals surface area contributed by atoms with E-state index in [0.717, 1.165) is 49.2 Å². The lowest BCUT2D eigenvalue weighted by atomic mass is 9.78. The first-order valence-electron chi connectivity index (χ1n) is 9.78. The Morgan fingerprint density at radius 2 is 1.92 bits per heavy atom. The molecule has 26 heavy (non-hydrogen) atoms. The van der Waals surface area contributed by atoms with E-state index in [1.165, 1.54) is 12.0 Å². The highest BCUT2D eigenvalue weighted by molar-refractivity contribution is 5.98. The summed E-state index contributed by atoms with van der Waals surface area (Å²) in [5.41, 5.74) is 2.84. The second kappa shape index (κ2) is 7.24. The third kappa shape index (κ3) is 3.28. The second-order valence-corrected chi connectivity index (χ2v) is 7.71. The van der Waals surface area contributed by atoms with Crippen molar-refractivity contribution in [1.82, 2.24) is 5.32 Å². The van der Waals surface area contributed by atoms with Gasteiger partial charge < -0.3 is 10.1 Å². The summed E-state index contributed by atoms with van der Waals surface area (Å²) in [6, 6.07) is 16.6. The minimum atomic E-state index is -0.387. The van der Waals surface area contributed by atoms with Gasteiger partial charge in [-0.3, -0.25) is 4.79 Å². The van der Waals surface area contributed by atoms with Crippen molar-refractivity contribution in [3.63, 3.8) is 0 Å². The second-order valence-electron chi connectivity index (χ2n) is 7.71. The number of hydrogen-bond donors (Lipinski definition) is 1. The van der Waals surface area contributed by atoms with E-state index in [2.05, 4.69) is 42.6 Å². The molecule has 0 saturated carbocycles. The van der Waals surface area contributed by atoms with Gasteiger partial charge in [0, 0.05) is 24.4 Å². The topological polar surface area (TPSA) is 38.3 Å². The number of carbonyl (C=O) groups excluding carboxylic acids is 1. The first-order valence-corrected chi connectivity index (χ1v) is 9.78. The number of ether oxygens (including phenoxy) is 1. The molecule has 0 radical (unpaired) electrons. The Bertz CT molecular complexity index is 780. The molecule has 4 rings (SSSR count). The molecule has 2 aromatic carbocycles. The number of hydrogen-bond acceptors (Lipinski definition) is 3. The van der Waals surface area contributed by atoms with Gasteiger partial charge in [0.1, 0.15) is 11.4 Å². The Balaban J connectivity index is 1.68. The fourth-order valence-corrected chi connectivity index (χ4v) is 4.40. The van der Waals surface area contributed by atoms with E-state index < -0.39 is 0 Å². The van der Waals surface area contributed by atoms with Crippen LogP contribution in [-0.4, -0.2) is 18.9 Å². The Hall–Kier alpha value is -2.13. The molecule has 1 fully saturated rings. The Kier molecular flexibility index (Phi) is 4.82. The maximum atomic E-state index is 12.1. The summed E-state index contributed by atoms with van der Waals surface area (Å²) >= 11 is 0. The lowest BCUT2D eigenvalue weighted by Crippen LogP contribution is -2.46. The van der Waals surface area contributed by atoms with Gasteiger partial charge in [0.25, 0.3) is 0 Å². The molecule has 0 spiro atoms. The number of benzene rings is 2. The van der Waals surface area contributed by atoms with Crippen molar-refractivity contribution in [3.8, 4) is 5.75 Å². The van der Waals surface area contributed by atoms with Crippen molar-refractivity contribution in [1.29, 1.82) is 0 Å². The number of ketones is 1. The van der Waals surface area contributed by atoms with Crippen LogP contribution in [0.1, 0.15) is 54.1 Å². The maximum absolute atomic E-state index is 12.1. The highest BCUT2D eigenvalue weighted by Gasteiger charge is 2.39.